The second-order valence-electron chi connectivity index (χ2n) is 7.99. The summed E-state index contributed by atoms with van der Waals surface area (Å²) in [5.41, 5.74) is -1.44. The summed E-state index contributed by atoms with van der Waals surface area (Å²) < 4.78 is 11.5. The normalized spacial score (nSPS) is 25.4. The molecule has 1 fully saturated rings. The molecular weight excluding hydrogens is 440 g/mol. The van der Waals surface area contributed by atoms with Crippen LogP contribution in [-0.4, -0.2) is 65.8 Å². The van der Waals surface area contributed by atoms with Crippen LogP contribution in [0.1, 0.15) is 18.6 Å². The molecule has 1 aliphatic rings. The van der Waals surface area contributed by atoms with Gasteiger partial charge in [-0.25, -0.2) is 0 Å². The van der Waals surface area contributed by atoms with Gasteiger partial charge >= 0.3 is 0 Å². The molecule has 1 aliphatic heterocycles. The van der Waals surface area contributed by atoms with Crippen molar-refractivity contribution in [2.24, 2.45) is 5.92 Å². The standard InChI is InChI=1S/C22H22O11/c1-7-15(6-23)33-22(20(31)18(7)29)17-10(25)4-9(24)16-11(26)5-14(32-21(16)17)8-2-12(27)19(30)13(28)3-8/h2-5,7,15,18,20,22-25,27-31H,6H2,1H3. The summed E-state index contributed by atoms with van der Waals surface area (Å²) in [5.74, 6) is -4.28. The lowest BCUT2D eigenvalue weighted by atomic mass is 9.85. The van der Waals surface area contributed by atoms with Gasteiger partial charge in [0.25, 0.3) is 0 Å². The van der Waals surface area contributed by atoms with Gasteiger partial charge in [0, 0.05) is 23.6 Å². The molecule has 5 unspecified atom stereocenters. The molecule has 11 nitrogen and oxygen atoms in total. The lowest BCUT2D eigenvalue weighted by Gasteiger charge is -2.41. The average molecular weight is 462 g/mol. The predicted molar refractivity (Wildman–Crippen MR) is 112 cm³/mol. The number of aliphatic hydroxyl groups excluding tert-OH is 3. The van der Waals surface area contributed by atoms with E-state index in [2.05, 4.69) is 0 Å². The van der Waals surface area contributed by atoms with E-state index in [4.69, 9.17) is 9.15 Å². The number of aliphatic hydroxyl groups is 3. The Morgan fingerprint density at radius 3 is 2.12 bits per heavy atom. The largest absolute Gasteiger partial charge is 0.507 e. The van der Waals surface area contributed by atoms with Crippen LogP contribution >= 0.6 is 0 Å². The quantitative estimate of drug-likeness (QED) is 0.256. The van der Waals surface area contributed by atoms with E-state index in [1.807, 2.05) is 0 Å². The van der Waals surface area contributed by atoms with Crippen molar-refractivity contribution in [3.8, 4) is 40.1 Å². The Morgan fingerprint density at radius 2 is 1.52 bits per heavy atom. The number of benzene rings is 2. The van der Waals surface area contributed by atoms with Gasteiger partial charge < -0.3 is 50.0 Å². The third kappa shape index (κ3) is 3.60. The first-order valence-corrected chi connectivity index (χ1v) is 9.95. The van der Waals surface area contributed by atoms with Gasteiger partial charge in [-0.2, -0.15) is 0 Å². The molecule has 5 atom stereocenters. The monoisotopic (exact) mass is 462 g/mol. The van der Waals surface area contributed by atoms with Gasteiger partial charge in [-0.05, 0) is 12.1 Å². The first-order valence-electron chi connectivity index (χ1n) is 9.95. The fraction of sp³-hybridized carbons (Fsp3) is 0.318. The van der Waals surface area contributed by atoms with Crippen LogP contribution in [0, 0.1) is 5.92 Å². The van der Waals surface area contributed by atoms with Gasteiger partial charge in [-0.1, -0.05) is 6.92 Å². The van der Waals surface area contributed by atoms with Crippen LogP contribution in [0.5, 0.6) is 28.7 Å². The third-order valence-electron chi connectivity index (χ3n) is 5.92. The number of phenolic OH excluding ortho intramolecular Hbond substituents is 5. The summed E-state index contributed by atoms with van der Waals surface area (Å²) in [6, 6.07) is 3.85. The average Bonchev–Trinajstić information content (AvgIpc) is 2.76. The number of ether oxygens (including phenoxy) is 1. The maximum Gasteiger partial charge on any atom is 0.200 e. The zero-order valence-electron chi connectivity index (χ0n) is 17.2. The summed E-state index contributed by atoms with van der Waals surface area (Å²) in [7, 11) is 0. The lowest BCUT2D eigenvalue weighted by Crippen LogP contribution is -2.50. The fourth-order valence-electron chi connectivity index (χ4n) is 4.04. The molecule has 1 aromatic heterocycles. The predicted octanol–water partition coefficient (Wildman–Crippen LogP) is 0.778. The van der Waals surface area contributed by atoms with Crippen molar-refractivity contribution in [2.75, 3.05) is 6.61 Å². The van der Waals surface area contributed by atoms with E-state index in [9.17, 15) is 45.6 Å². The van der Waals surface area contributed by atoms with E-state index in [0.29, 0.717) is 0 Å². The van der Waals surface area contributed by atoms with Crippen molar-refractivity contribution in [1.82, 2.24) is 0 Å². The zero-order valence-corrected chi connectivity index (χ0v) is 17.2. The molecule has 11 heteroatoms. The summed E-state index contributed by atoms with van der Waals surface area (Å²) in [5, 5.41) is 80.3. The SMILES string of the molecule is CC1C(CO)OC(c2c(O)cc(O)c3c(=O)cc(-c4cc(O)c(O)c(O)c4)oc23)C(O)C1O. The number of hydrogen-bond donors (Lipinski definition) is 8. The minimum Gasteiger partial charge on any atom is -0.507 e. The number of phenols is 5. The Morgan fingerprint density at radius 1 is 0.879 bits per heavy atom. The molecule has 3 aromatic rings. The molecule has 176 valence electrons. The van der Waals surface area contributed by atoms with Crippen molar-refractivity contribution >= 4 is 11.0 Å². The van der Waals surface area contributed by atoms with Crippen molar-refractivity contribution in [2.45, 2.75) is 31.3 Å². The van der Waals surface area contributed by atoms with Gasteiger partial charge in [0.2, 0.25) is 0 Å². The first kappa shape index (κ1) is 22.7. The van der Waals surface area contributed by atoms with Gasteiger partial charge in [-0.3, -0.25) is 4.79 Å². The Kier molecular flexibility index (Phi) is 5.58. The van der Waals surface area contributed by atoms with E-state index in [-0.39, 0.29) is 27.9 Å². The van der Waals surface area contributed by atoms with E-state index < -0.39 is 71.1 Å². The molecule has 0 saturated carbocycles. The van der Waals surface area contributed by atoms with Crippen molar-refractivity contribution in [1.29, 1.82) is 0 Å². The molecule has 0 aliphatic carbocycles. The molecule has 0 amide bonds. The lowest BCUT2D eigenvalue weighted by molar-refractivity contribution is -0.207. The number of fused-ring (bicyclic) bond motifs is 1. The van der Waals surface area contributed by atoms with Crippen molar-refractivity contribution < 1.29 is 50.0 Å². The maximum atomic E-state index is 12.8. The highest BCUT2D eigenvalue weighted by Crippen LogP contribution is 2.45. The summed E-state index contributed by atoms with van der Waals surface area (Å²) in [4.78, 5) is 12.8. The Labute approximate surface area is 185 Å². The third-order valence-corrected chi connectivity index (χ3v) is 5.92. The molecule has 2 heterocycles. The van der Waals surface area contributed by atoms with Crippen LogP contribution in [0.2, 0.25) is 0 Å². The molecule has 1 saturated heterocycles. The van der Waals surface area contributed by atoms with Crippen molar-refractivity contribution in [3.05, 3.63) is 40.1 Å². The van der Waals surface area contributed by atoms with E-state index >= 15 is 0 Å². The number of hydrogen-bond acceptors (Lipinski definition) is 11. The summed E-state index contributed by atoms with van der Waals surface area (Å²) >= 11 is 0. The van der Waals surface area contributed by atoms with E-state index in [1.54, 1.807) is 6.92 Å². The van der Waals surface area contributed by atoms with E-state index in [1.165, 1.54) is 0 Å². The molecule has 0 spiro atoms. The maximum absolute atomic E-state index is 12.8. The van der Waals surface area contributed by atoms with Crippen LogP contribution in [0.3, 0.4) is 0 Å². The second-order valence-corrected chi connectivity index (χ2v) is 7.99. The number of aromatic hydroxyl groups is 5. The molecule has 0 radical (unpaired) electrons. The Hall–Kier alpha value is -3.51. The van der Waals surface area contributed by atoms with Crippen LogP contribution in [0.4, 0.5) is 0 Å². The summed E-state index contributed by atoms with van der Waals surface area (Å²) in [6.07, 6.45) is -5.31. The molecule has 4 rings (SSSR count). The number of rotatable bonds is 3. The Bertz CT molecular complexity index is 1260. The van der Waals surface area contributed by atoms with Crippen LogP contribution in [0.25, 0.3) is 22.3 Å². The molecule has 33 heavy (non-hydrogen) atoms. The zero-order chi connectivity index (χ0) is 24.2. The first-order chi connectivity index (χ1) is 15.5. The minimum absolute atomic E-state index is 0.0254. The Balaban J connectivity index is 1.99. The van der Waals surface area contributed by atoms with Crippen molar-refractivity contribution in [3.63, 3.8) is 0 Å². The smallest absolute Gasteiger partial charge is 0.200 e. The summed E-state index contributed by atoms with van der Waals surface area (Å²) in [6.45, 7) is 1.06. The molecule has 8 N–H and O–H groups in total. The highest BCUT2D eigenvalue weighted by molar-refractivity contribution is 5.89. The highest BCUT2D eigenvalue weighted by Gasteiger charge is 2.44. The molecular formula is C22H22O11. The second kappa shape index (κ2) is 8.12. The van der Waals surface area contributed by atoms with Gasteiger partial charge in [0.05, 0.1) is 24.4 Å². The van der Waals surface area contributed by atoms with Gasteiger partial charge in [0.1, 0.15) is 34.9 Å². The van der Waals surface area contributed by atoms with Crippen LogP contribution in [0.15, 0.2) is 33.5 Å². The topological polar surface area (TPSA) is 201 Å². The van der Waals surface area contributed by atoms with E-state index in [0.717, 1.165) is 24.3 Å². The van der Waals surface area contributed by atoms with Gasteiger partial charge in [-0.15, -0.1) is 0 Å². The van der Waals surface area contributed by atoms with Gasteiger partial charge in [0.15, 0.2) is 28.3 Å². The minimum atomic E-state index is -1.59. The van der Waals surface area contributed by atoms with Crippen LogP contribution in [-0.2, 0) is 4.74 Å². The molecule has 2 aromatic carbocycles. The fourth-order valence-corrected chi connectivity index (χ4v) is 4.04. The highest BCUT2D eigenvalue weighted by atomic mass is 16.5. The molecule has 0 bridgehead atoms. The van der Waals surface area contributed by atoms with Crippen LogP contribution < -0.4 is 5.43 Å².